The predicted octanol–water partition coefficient (Wildman–Crippen LogP) is 2.70. The van der Waals surface area contributed by atoms with Gasteiger partial charge in [-0.15, -0.1) is 11.3 Å². The van der Waals surface area contributed by atoms with Crippen molar-refractivity contribution in [1.29, 1.82) is 0 Å². The van der Waals surface area contributed by atoms with Gasteiger partial charge in [0.25, 0.3) is 5.91 Å². The Labute approximate surface area is 204 Å². The molecule has 1 aliphatic rings. The average Bonchev–Trinajstić information content (AvgIpc) is 3.14. The Morgan fingerprint density at radius 3 is 2.41 bits per heavy atom. The summed E-state index contributed by atoms with van der Waals surface area (Å²) < 4.78 is 10.6. The highest BCUT2D eigenvalue weighted by atomic mass is 32.1. The number of thiophene rings is 1. The summed E-state index contributed by atoms with van der Waals surface area (Å²) in [5.74, 6) is -0.173. The lowest BCUT2D eigenvalue weighted by molar-refractivity contribution is -0.117. The number of ether oxygens (including phenoxy) is 2. The molecule has 3 rings (SSSR count). The molecule has 1 fully saturated rings. The third-order valence-corrected chi connectivity index (χ3v) is 6.84. The van der Waals surface area contributed by atoms with Gasteiger partial charge in [0, 0.05) is 40.3 Å². The monoisotopic (exact) mass is 488 g/mol. The van der Waals surface area contributed by atoms with E-state index in [4.69, 9.17) is 9.47 Å². The number of nitrogens with one attached hydrogen (secondary N) is 1. The Kier molecular flexibility index (Phi) is 8.51. The molecular formula is C24H32N4O5S. The molecule has 10 heteroatoms. The fraction of sp³-hybridized carbons (Fsp3) is 0.458. The first-order valence-electron chi connectivity index (χ1n) is 11.2. The summed E-state index contributed by atoms with van der Waals surface area (Å²) in [5.41, 5.74) is 1.80. The van der Waals surface area contributed by atoms with Crippen molar-refractivity contribution < 1.29 is 23.9 Å². The zero-order valence-corrected chi connectivity index (χ0v) is 21.2. The van der Waals surface area contributed by atoms with Crippen molar-refractivity contribution in [2.75, 3.05) is 70.8 Å². The van der Waals surface area contributed by atoms with Crippen LogP contribution in [0.3, 0.4) is 0 Å². The number of para-hydroxylation sites is 2. The molecule has 1 aromatic carbocycles. The average molecular weight is 489 g/mol. The van der Waals surface area contributed by atoms with Gasteiger partial charge in [0.2, 0.25) is 5.91 Å². The number of benzene rings is 1. The number of carbonyl (C=O) groups is 3. The first kappa shape index (κ1) is 25.5. The summed E-state index contributed by atoms with van der Waals surface area (Å²) in [4.78, 5) is 44.2. The maximum Gasteiger partial charge on any atom is 0.341 e. The van der Waals surface area contributed by atoms with Crippen molar-refractivity contribution in [2.24, 2.45) is 0 Å². The quantitative estimate of drug-likeness (QED) is 0.571. The van der Waals surface area contributed by atoms with E-state index in [1.165, 1.54) is 4.90 Å². The molecule has 2 heterocycles. The molecule has 1 aromatic heterocycles. The van der Waals surface area contributed by atoms with E-state index in [0.717, 1.165) is 35.9 Å². The summed E-state index contributed by atoms with van der Waals surface area (Å²) in [6.07, 6.45) is 0. The molecule has 0 saturated carbocycles. The highest BCUT2D eigenvalue weighted by Gasteiger charge is 2.28. The molecule has 1 N–H and O–H groups in total. The second-order valence-corrected chi connectivity index (χ2v) is 9.18. The first-order valence-corrected chi connectivity index (χ1v) is 12.0. The molecule has 0 radical (unpaired) electrons. The van der Waals surface area contributed by atoms with Crippen LogP contribution in [0, 0.1) is 6.92 Å². The second kappa shape index (κ2) is 11.3. The van der Waals surface area contributed by atoms with Crippen LogP contribution in [0.5, 0.6) is 5.75 Å². The second-order valence-electron chi connectivity index (χ2n) is 8.16. The number of hydrogen-bond acceptors (Lipinski definition) is 8. The number of methoxy groups -OCH3 is 1. The lowest BCUT2D eigenvalue weighted by atomic mass is 10.1. The third kappa shape index (κ3) is 5.68. The highest BCUT2D eigenvalue weighted by molar-refractivity contribution is 7.18. The van der Waals surface area contributed by atoms with E-state index in [1.807, 2.05) is 24.3 Å². The van der Waals surface area contributed by atoms with Gasteiger partial charge in [-0.2, -0.15) is 0 Å². The highest BCUT2D eigenvalue weighted by Crippen LogP contribution is 2.34. The number of hydrogen-bond donors (Lipinski definition) is 1. The molecule has 0 unspecified atom stereocenters. The van der Waals surface area contributed by atoms with E-state index >= 15 is 0 Å². The summed E-state index contributed by atoms with van der Waals surface area (Å²) in [6, 6.07) is 7.90. The maximum atomic E-state index is 12.9. The molecule has 34 heavy (non-hydrogen) atoms. The van der Waals surface area contributed by atoms with Gasteiger partial charge in [-0.3, -0.25) is 14.5 Å². The van der Waals surface area contributed by atoms with Crippen LogP contribution in [0.2, 0.25) is 0 Å². The summed E-state index contributed by atoms with van der Waals surface area (Å²) in [7, 11) is 4.96. The van der Waals surface area contributed by atoms with Gasteiger partial charge >= 0.3 is 5.97 Å². The summed E-state index contributed by atoms with van der Waals surface area (Å²) in [6.45, 7) is 6.77. The van der Waals surface area contributed by atoms with Crippen LogP contribution in [0.4, 0.5) is 10.7 Å². The Balaban J connectivity index is 1.67. The van der Waals surface area contributed by atoms with Crippen LogP contribution < -0.4 is 15.0 Å². The van der Waals surface area contributed by atoms with Gasteiger partial charge in [0.15, 0.2) is 0 Å². The van der Waals surface area contributed by atoms with Crippen LogP contribution in [0.15, 0.2) is 24.3 Å². The van der Waals surface area contributed by atoms with Gasteiger partial charge in [-0.1, -0.05) is 12.1 Å². The van der Waals surface area contributed by atoms with Crippen molar-refractivity contribution in [1.82, 2.24) is 9.80 Å². The number of piperazine rings is 1. The number of anilines is 2. The Morgan fingerprint density at radius 2 is 1.79 bits per heavy atom. The molecule has 9 nitrogen and oxygen atoms in total. The first-order chi connectivity index (χ1) is 16.3. The Morgan fingerprint density at radius 1 is 1.12 bits per heavy atom. The largest absolute Gasteiger partial charge is 0.495 e. The van der Waals surface area contributed by atoms with E-state index in [2.05, 4.69) is 15.1 Å². The van der Waals surface area contributed by atoms with Gasteiger partial charge in [-0.05, 0) is 31.5 Å². The number of carbonyl (C=O) groups excluding carboxylic acids is 3. The molecule has 0 atom stereocenters. The standard InChI is InChI=1S/C24H32N4O5S/c1-6-33-24(31)20-16(2)21(23(30)26(3)4)34-22(20)25-19(29)15-27-11-13-28(14-12-27)17-9-7-8-10-18(17)32-5/h7-10H,6,11-15H2,1-5H3,(H,25,29). The van der Waals surface area contributed by atoms with Crippen LogP contribution in [0.25, 0.3) is 0 Å². The maximum absolute atomic E-state index is 12.9. The third-order valence-electron chi connectivity index (χ3n) is 5.65. The lowest BCUT2D eigenvalue weighted by Crippen LogP contribution is -2.48. The minimum Gasteiger partial charge on any atom is -0.495 e. The van der Waals surface area contributed by atoms with E-state index in [9.17, 15) is 14.4 Å². The lowest BCUT2D eigenvalue weighted by Gasteiger charge is -2.36. The van der Waals surface area contributed by atoms with Crippen molar-refractivity contribution in [3.63, 3.8) is 0 Å². The zero-order chi connectivity index (χ0) is 24.8. The minimum atomic E-state index is -0.547. The van der Waals surface area contributed by atoms with Crippen LogP contribution >= 0.6 is 11.3 Å². The van der Waals surface area contributed by atoms with E-state index in [1.54, 1.807) is 35.1 Å². The van der Waals surface area contributed by atoms with Gasteiger partial charge in [0.1, 0.15) is 10.8 Å². The predicted molar refractivity (Wildman–Crippen MR) is 133 cm³/mol. The molecule has 0 spiro atoms. The summed E-state index contributed by atoms with van der Waals surface area (Å²) in [5, 5.41) is 3.19. The molecule has 184 valence electrons. The van der Waals surface area contributed by atoms with Crippen LogP contribution in [0.1, 0.15) is 32.5 Å². The fourth-order valence-corrected chi connectivity index (χ4v) is 5.10. The smallest absolute Gasteiger partial charge is 0.341 e. The number of esters is 1. The minimum absolute atomic E-state index is 0.190. The summed E-state index contributed by atoms with van der Waals surface area (Å²) >= 11 is 1.10. The molecule has 2 aromatic rings. The molecular weight excluding hydrogens is 456 g/mol. The fourth-order valence-electron chi connectivity index (χ4n) is 3.86. The van der Waals surface area contributed by atoms with Crippen LogP contribution in [-0.4, -0.2) is 88.1 Å². The topological polar surface area (TPSA) is 91.4 Å². The normalized spacial score (nSPS) is 14.0. The number of nitrogens with zero attached hydrogens (tertiary/aromatic N) is 3. The van der Waals surface area contributed by atoms with Crippen molar-refractivity contribution >= 4 is 39.8 Å². The SMILES string of the molecule is CCOC(=O)c1c(NC(=O)CN2CCN(c3ccccc3OC)CC2)sc(C(=O)N(C)C)c1C. The molecule has 1 aliphatic heterocycles. The molecule has 1 saturated heterocycles. The van der Waals surface area contributed by atoms with Gasteiger partial charge in [-0.25, -0.2) is 4.79 Å². The zero-order valence-electron chi connectivity index (χ0n) is 20.3. The van der Waals surface area contributed by atoms with Crippen molar-refractivity contribution in [2.45, 2.75) is 13.8 Å². The van der Waals surface area contributed by atoms with Crippen LogP contribution in [-0.2, 0) is 9.53 Å². The van der Waals surface area contributed by atoms with E-state index in [-0.39, 0.29) is 30.5 Å². The molecule has 0 aliphatic carbocycles. The molecule has 2 amide bonds. The molecule has 0 bridgehead atoms. The Bertz CT molecular complexity index is 1040. The van der Waals surface area contributed by atoms with Gasteiger partial charge < -0.3 is 24.6 Å². The number of amides is 2. The van der Waals surface area contributed by atoms with Crippen molar-refractivity contribution in [3.05, 3.63) is 40.3 Å². The number of rotatable bonds is 8. The Hall–Kier alpha value is -3.11. The van der Waals surface area contributed by atoms with E-state index < -0.39 is 5.97 Å². The van der Waals surface area contributed by atoms with Crippen molar-refractivity contribution in [3.8, 4) is 5.75 Å². The van der Waals surface area contributed by atoms with Gasteiger partial charge in [0.05, 0.1) is 36.4 Å². The van der Waals surface area contributed by atoms with E-state index in [0.29, 0.717) is 28.5 Å².